The van der Waals surface area contributed by atoms with Gasteiger partial charge in [0.2, 0.25) is 0 Å². The van der Waals surface area contributed by atoms with Gasteiger partial charge in [-0.15, -0.1) is 0 Å². The first-order valence-electron chi connectivity index (χ1n) is 3.34. The second-order valence-electron chi connectivity index (χ2n) is 3.47. The number of carbonyl (C=O) groups is 1. The first kappa shape index (κ1) is 5.27. The molecule has 0 N–H and O–H groups in total. The molecule has 50 valence electrons. The zero-order valence-corrected chi connectivity index (χ0v) is 5.68. The van der Waals surface area contributed by atoms with Crippen LogP contribution in [0.15, 0.2) is 0 Å². The van der Waals surface area contributed by atoms with E-state index in [-0.39, 0.29) is 17.5 Å². The Kier molecular flexibility index (Phi) is 0.675. The summed E-state index contributed by atoms with van der Waals surface area (Å²) in [5.74, 6) is 0.815. The van der Waals surface area contributed by atoms with E-state index >= 15 is 0 Å². The van der Waals surface area contributed by atoms with E-state index in [1.54, 1.807) is 0 Å². The van der Waals surface area contributed by atoms with Gasteiger partial charge in [0.15, 0.2) is 0 Å². The van der Waals surface area contributed by atoms with Gasteiger partial charge in [0.1, 0.15) is 5.60 Å². The zero-order chi connectivity index (χ0) is 6.65. The third-order valence-corrected chi connectivity index (χ3v) is 2.35. The van der Waals surface area contributed by atoms with Crippen LogP contribution >= 0.6 is 0 Å². The molecule has 1 saturated carbocycles. The topological polar surface area (TPSA) is 26.3 Å². The summed E-state index contributed by atoms with van der Waals surface area (Å²) in [7, 11) is 0. The third-order valence-electron chi connectivity index (χ3n) is 2.35. The molecule has 0 aromatic rings. The molecule has 2 aliphatic rings. The van der Waals surface area contributed by atoms with Gasteiger partial charge < -0.3 is 4.74 Å². The molecule has 0 unspecified atom stereocenters. The molecule has 0 aromatic carbocycles. The predicted molar refractivity (Wildman–Crippen MR) is 31.8 cm³/mol. The van der Waals surface area contributed by atoms with E-state index in [1.807, 2.05) is 13.8 Å². The number of carbonyl (C=O) groups excluding carboxylic acids is 1. The summed E-state index contributed by atoms with van der Waals surface area (Å²) in [5, 5.41) is 0. The second kappa shape index (κ2) is 1.15. The summed E-state index contributed by atoms with van der Waals surface area (Å²) in [6, 6.07) is 0. The van der Waals surface area contributed by atoms with Gasteiger partial charge in [-0.1, -0.05) is 0 Å². The third kappa shape index (κ3) is 0.533. The first-order chi connectivity index (χ1) is 4.11. The van der Waals surface area contributed by atoms with Crippen LogP contribution < -0.4 is 0 Å². The van der Waals surface area contributed by atoms with Crippen LogP contribution in [0, 0.1) is 11.8 Å². The quantitative estimate of drug-likeness (QED) is 0.452. The van der Waals surface area contributed by atoms with Crippen molar-refractivity contribution in [3.8, 4) is 0 Å². The number of ether oxygens (including phenoxy) is 1. The Morgan fingerprint density at radius 2 is 2.33 bits per heavy atom. The molecular formula is C7H10O2. The van der Waals surface area contributed by atoms with Gasteiger partial charge in [-0.05, 0) is 20.3 Å². The minimum atomic E-state index is -0.151. The van der Waals surface area contributed by atoms with Crippen molar-refractivity contribution in [1.82, 2.24) is 0 Å². The molecule has 0 radical (unpaired) electrons. The Morgan fingerprint density at radius 1 is 1.67 bits per heavy atom. The molecule has 0 amide bonds. The minimum Gasteiger partial charge on any atom is -0.459 e. The van der Waals surface area contributed by atoms with Crippen LogP contribution in [0.25, 0.3) is 0 Å². The Balaban J connectivity index is 2.26. The van der Waals surface area contributed by atoms with Gasteiger partial charge >= 0.3 is 5.97 Å². The molecule has 2 rings (SSSR count). The fourth-order valence-electron chi connectivity index (χ4n) is 1.63. The molecule has 1 aliphatic heterocycles. The number of hydrogen-bond acceptors (Lipinski definition) is 2. The molecule has 1 heterocycles. The highest BCUT2D eigenvalue weighted by Gasteiger charge is 2.60. The van der Waals surface area contributed by atoms with Gasteiger partial charge in [0.25, 0.3) is 0 Å². The minimum absolute atomic E-state index is 0.0185. The highest BCUT2D eigenvalue weighted by molar-refractivity contribution is 5.79. The van der Waals surface area contributed by atoms with Crippen LogP contribution in [0.1, 0.15) is 20.3 Å². The average molecular weight is 126 g/mol. The van der Waals surface area contributed by atoms with E-state index < -0.39 is 0 Å². The summed E-state index contributed by atoms with van der Waals surface area (Å²) in [6.45, 7) is 3.98. The number of hydrogen-bond donors (Lipinski definition) is 0. The SMILES string of the molecule is CC1(C)OC(=O)[C@H]2C[C@H]21. The summed E-state index contributed by atoms with van der Waals surface area (Å²) >= 11 is 0. The van der Waals surface area contributed by atoms with E-state index in [2.05, 4.69) is 0 Å². The predicted octanol–water partition coefficient (Wildman–Crippen LogP) is 0.958. The fourth-order valence-corrected chi connectivity index (χ4v) is 1.63. The van der Waals surface area contributed by atoms with Crippen LogP contribution in [-0.4, -0.2) is 11.6 Å². The highest BCUT2D eigenvalue weighted by Crippen LogP contribution is 2.54. The molecule has 1 saturated heterocycles. The molecular weight excluding hydrogens is 116 g/mol. The lowest BCUT2D eigenvalue weighted by atomic mass is 10.0. The summed E-state index contributed by atoms with van der Waals surface area (Å²) in [6.07, 6.45) is 1.06. The molecule has 1 aliphatic carbocycles. The summed E-state index contributed by atoms with van der Waals surface area (Å²) in [4.78, 5) is 10.8. The van der Waals surface area contributed by atoms with Gasteiger partial charge in [-0.25, -0.2) is 0 Å². The van der Waals surface area contributed by atoms with Crippen LogP contribution in [0.3, 0.4) is 0 Å². The molecule has 0 aromatic heterocycles. The van der Waals surface area contributed by atoms with Gasteiger partial charge in [-0.2, -0.15) is 0 Å². The Morgan fingerprint density at radius 3 is 2.44 bits per heavy atom. The molecule has 9 heavy (non-hydrogen) atoms. The van der Waals surface area contributed by atoms with Gasteiger partial charge in [-0.3, -0.25) is 4.79 Å². The largest absolute Gasteiger partial charge is 0.459 e. The summed E-state index contributed by atoms with van der Waals surface area (Å²) < 4.78 is 5.07. The zero-order valence-electron chi connectivity index (χ0n) is 5.68. The van der Waals surface area contributed by atoms with Crippen molar-refractivity contribution in [2.45, 2.75) is 25.9 Å². The Labute approximate surface area is 54.2 Å². The van der Waals surface area contributed by atoms with E-state index in [1.165, 1.54) is 0 Å². The molecule has 2 atom stereocenters. The van der Waals surface area contributed by atoms with Crippen molar-refractivity contribution in [2.24, 2.45) is 11.8 Å². The second-order valence-corrected chi connectivity index (χ2v) is 3.47. The maximum atomic E-state index is 10.8. The molecule has 2 nitrogen and oxygen atoms in total. The van der Waals surface area contributed by atoms with Crippen LogP contribution in [0.5, 0.6) is 0 Å². The standard InChI is InChI=1S/C7H10O2/c1-7(2)5-3-4(5)6(8)9-7/h4-5H,3H2,1-2H3/t4-,5+/m0/s1. The fraction of sp³-hybridized carbons (Fsp3) is 0.857. The molecule has 0 spiro atoms. The van der Waals surface area contributed by atoms with Crippen molar-refractivity contribution in [1.29, 1.82) is 0 Å². The van der Waals surface area contributed by atoms with Crippen LogP contribution in [0.4, 0.5) is 0 Å². The number of fused-ring (bicyclic) bond motifs is 1. The van der Waals surface area contributed by atoms with Crippen molar-refractivity contribution in [3.05, 3.63) is 0 Å². The first-order valence-corrected chi connectivity index (χ1v) is 3.34. The van der Waals surface area contributed by atoms with E-state index in [0.29, 0.717) is 5.92 Å². The average Bonchev–Trinajstić information content (AvgIpc) is 2.33. The van der Waals surface area contributed by atoms with Crippen LogP contribution in [-0.2, 0) is 9.53 Å². The van der Waals surface area contributed by atoms with Gasteiger partial charge in [0, 0.05) is 5.92 Å². The Hall–Kier alpha value is -0.530. The normalized spacial score (nSPS) is 44.0. The highest BCUT2D eigenvalue weighted by atomic mass is 16.6. The lowest BCUT2D eigenvalue weighted by molar-refractivity contribution is -0.150. The maximum Gasteiger partial charge on any atom is 0.309 e. The van der Waals surface area contributed by atoms with Crippen molar-refractivity contribution in [3.63, 3.8) is 0 Å². The van der Waals surface area contributed by atoms with E-state index in [9.17, 15) is 4.79 Å². The van der Waals surface area contributed by atoms with E-state index in [0.717, 1.165) is 6.42 Å². The lowest BCUT2D eigenvalue weighted by Crippen LogP contribution is -2.23. The van der Waals surface area contributed by atoms with Gasteiger partial charge in [0.05, 0.1) is 5.92 Å². The van der Waals surface area contributed by atoms with Crippen molar-refractivity contribution in [2.75, 3.05) is 0 Å². The monoisotopic (exact) mass is 126 g/mol. The number of rotatable bonds is 0. The van der Waals surface area contributed by atoms with Crippen molar-refractivity contribution < 1.29 is 9.53 Å². The van der Waals surface area contributed by atoms with Crippen molar-refractivity contribution >= 4 is 5.97 Å². The molecule has 2 heteroatoms. The Bertz CT molecular complexity index is 172. The maximum absolute atomic E-state index is 10.8. The molecule has 2 fully saturated rings. The smallest absolute Gasteiger partial charge is 0.309 e. The lowest BCUT2D eigenvalue weighted by Gasteiger charge is -2.18. The molecule has 0 bridgehead atoms. The number of cyclic esters (lactones) is 1. The van der Waals surface area contributed by atoms with Crippen LogP contribution in [0.2, 0.25) is 0 Å². The summed E-state index contributed by atoms with van der Waals surface area (Å²) in [5.41, 5.74) is -0.151. The number of esters is 1. The van der Waals surface area contributed by atoms with E-state index in [4.69, 9.17) is 4.74 Å².